The molecule has 0 saturated carbocycles. The first-order valence-electron chi connectivity index (χ1n) is 9.67. The molecule has 0 aliphatic rings. The van der Waals surface area contributed by atoms with Gasteiger partial charge in [0.05, 0.1) is 12.6 Å². The number of ether oxygens (including phenoxy) is 1. The summed E-state index contributed by atoms with van der Waals surface area (Å²) in [5.41, 5.74) is 7.95. The third-order valence-corrected chi connectivity index (χ3v) is 4.23. The summed E-state index contributed by atoms with van der Waals surface area (Å²) in [5, 5.41) is 6.53. The predicted molar refractivity (Wildman–Crippen MR) is 113 cm³/mol. The lowest BCUT2D eigenvalue weighted by Crippen LogP contribution is -2.38. The van der Waals surface area contributed by atoms with E-state index in [1.54, 1.807) is 12.1 Å². The van der Waals surface area contributed by atoms with Gasteiger partial charge >= 0.3 is 0 Å². The molecule has 1 atom stereocenters. The summed E-state index contributed by atoms with van der Waals surface area (Å²) >= 11 is 0. The number of rotatable bonds is 10. The molecule has 2 aromatic carbocycles. The SMILES string of the molecule is CCNC(=NCc1cccc(C(N)=O)c1)NCCCOC(C)c1ccccc1. The van der Waals surface area contributed by atoms with E-state index >= 15 is 0 Å². The maximum Gasteiger partial charge on any atom is 0.248 e. The van der Waals surface area contributed by atoms with E-state index in [0.29, 0.717) is 18.7 Å². The monoisotopic (exact) mass is 382 g/mol. The molecule has 0 spiro atoms. The summed E-state index contributed by atoms with van der Waals surface area (Å²) in [6.07, 6.45) is 0.958. The number of hydrogen-bond donors (Lipinski definition) is 3. The third-order valence-electron chi connectivity index (χ3n) is 4.23. The lowest BCUT2D eigenvalue weighted by atomic mass is 10.1. The van der Waals surface area contributed by atoms with Crippen molar-refractivity contribution in [2.24, 2.45) is 10.7 Å². The Kier molecular flexibility index (Phi) is 9.01. The van der Waals surface area contributed by atoms with Gasteiger partial charge in [0, 0.05) is 25.3 Å². The molecule has 0 aliphatic carbocycles. The van der Waals surface area contributed by atoms with Gasteiger partial charge in [-0.15, -0.1) is 0 Å². The standard InChI is InChI=1S/C22H30N4O2/c1-3-24-22(26-16-18-9-7-12-20(15-18)21(23)27)25-13-8-14-28-17(2)19-10-5-4-6-11-19/h4-7,9-12,15,17H,3,8,13-14,16H2,1-2H3,(H2,23,27)(H2,24,25,26). The van der Waals surface area contributed by atoms with E-state index in [-0.39, 0.29) is 6.10 Å². The van der Waals surface area contributed by atoms with Crippen molar-refractivity contribution in [2.45, 2.75) is 32.9 Å². The van der Waals surface area contributed by atoms with E-state index in [2.05, 4.69) is 34.7 Å². The van der Waals surface area contributed by atoms with Gasteiger partial charge in [-0.05, 0) is 43.5 Å². The highest BCUT2D eigenvalue weighted by Crippen LogP contribution is 2.15. The van der Waals surface area contributed by atoms with Gasteiger partial charge in [-0.25, -0.2) is 4.99 Å². The van der Waals surface area contributed by atoms with Gasteiger partial charge in [0.15, 0.2) is 5.96 Å². The number of hydrogen-bond acceptors (Lipinski definition) is 3. The zero-order chi connectivity index (χ0) is 20.2. The molecule has 0 fully saturated rings. The first-order valence-corrected chi connectivity index (χ1v) is 9.67. The van der Waals surface area contributed by atoms with Crippen LogP contribution in [0.4, 0.5) is 0 Å². The molecule has 0 aliphatic heterocycles. The number of amides is 1. The molecule has 150 valence electrons. The molecule has 2 rings (SSSR count). The minimum atomic E-state index is -0.430. The van der Waals surface area contributed by atoms with Crippen molar-refractivity contribution in [3.05, 3.63) is 71.3 Å². The Morgan fingerprint density at radius 2 is 1.93 bits per heavy atom. The lowest BCUT2D eigenvalue weighted by molar-refractivity contribution is 0.0646. The van der Waals surface area contributed by atoms with Gasteiger partial charge in [0.25, 0.3) is 0 Å². The van der Waals surface area contributed by atoms with Crippen LogP contribution in [0.5, 0.6) is 0 Å². The van der Waals surface area contributed by atoms with E-state index in [9.17, 15) is 4.79 Å². The van der Waals surface area contributed by atoms with Crippen molar-refractivity contribution in [1.82, 2.24) is 10.6 Å². The number of carbonyl (C=O) groups excluding carboxylic acids is 1. The molecule has 2 aromatic rings. The van der Waals surface area contributed by atoms with Crippen LogP contribution in [0.3, 0.4) is 0 Å². The molecule has 0 saturated heterocycles. The van der Waals surface area contributed by atoms with Crippen molar-refractivity contribution in [3.63, 3.8) is 0 Å². The molecule has 1 unspecified atom stereocenters. The molecule has 0 radical (unpaired) electrons. The molecule has 0 bridgehead atoms. The summed E-state index contributed by atoms with van der Waals surface area (Å²) < 4.78 is 5.89. The number of nitrogens with zero attached hydrogens (tertiary/aromatic N) is 1. The number of nitrogens with one attached hydrogen (secondary N) is 2. The molecule has 4 N–H and O–H groups in total. The van der Waals surface area contributed by atoms with E-state index in [4.69, 9.17) is 10.5 Å². The van der Waals surface area contributed by atoms with Gasteiger partial charge < -0.3 is 21.1 Å². The Balaban J connectivity index is 1.76. The lowest BCUT2D eigenvalue weighted by Gasteiger charge is -2.14. The summed E-state index contributed by atoms with van der Waals surface area (Å²) in [4.78, 5) is 15.9. The molecular weight excluding hydrogens is 352 g/mol. The van der Waals surface area contributed by atoms with E-state index < -0.39 is 5.91 Å². The highest BCUT2D eigenvalue weighted by Gasteiger charge is 2.05. The maximum atomic E-state index is 11.3. The maximum absolute atomic E-state index is 11.3. The molecule has 0 heterocycles. The minimum Gasteiger partial charge on any atom is -0.374 e. The largest absolute Gasteiger partial charge is 0.374 e. The highest BCUT2D eigenvalue weighted by atomic mass is 16.5. The van der Waals surface area contributed by atoms with Crippen LogP contribution in [0.2, 0.25) is 0 Å². The topological polar surface area (TPSA) is 88.7 Å². The van der Waals surface area contributed by atoms with Crippen LogP contribution in [0, 0.1) is 0 Å². The molecule has 6 nitrogen and oxygen atoms in total. The summed E-state index contributed by atoms with van der Waals surface area (Å²) in [7, 11) is 0. The number of primary amides is 1. The average Bonchev–Trinajstić information content (AvgIpc) is 2.72. The van der Waals surface area contributed by atoms with Crippen LogP contribution in [0.15, 0.2) is 59.6 Å². The van der Waals surface area contributed by atoms with Crippen molar-refractivity contribution in [1.29, 1.82) is 0 Å². The summed E-state index contributed by atoms with van der Waals surface area (Å²) in [6.45, 7) is 6.76. The zero-order valence-electron chi connectivity index (χ0n) is 16.7. The van der Waals surface area contributed by atoms with E-state index in [0.717, 1.165) is 31.0 Å². The van der Waals surface area contributed by atoms with E-state index in [1.165, 1.54) is 5.56 Å². The number of benzene rings is 2. The third kappa shape index (κ3) is 7.40. The Morgan fingerprint density at radius 3 is 2.64 bits per heavy atom. The fraction of sp³-hybridized carbons (Fsp3) is 0.364. The first kappa shape index (κ1) is 21.4. The van der Waals surface area contributed by atoms with Gasteiger partial charge in [-0.3, -0.25) is 4.79 Å². The Hall–Kier alpha value is -2.86. The highest BCUT2D eigenvalue weighted by molar-refractivity contribution is 5.92. The van der Waals surface area contributed by atoms with Crippen molar-refractivity contribution >= 4 is 11.9 Å². The quantitative estimate of drug-likeness (QED) is 0.335. The van der Waals surface area contributed by atoms with Crippen LogP contribution in [0.1, 0.15) is 47.9 Å². The van der Waals surface area contributed by atoms with Crippen molar-refractivity contribution in [2.75, 3.05) is 19.7 Å². The second-order valence-electron chi connectivity index (χ2n) is 6.46. The summed E-state index contributed by atoms with van der Waals surface area (Å²) in [5.74, 6) is 0.309. The second-order valence-corrected chi connectivity index (χ2v) is 6.46. The van der Waals surface area contributed by atoms with Crippen molar-refractivity contribution < 1.29 is 9.53 Å². The number of aliphatic imine (C=N–C) groups is 1. The van der Waals surface area contributed by atoms with Crippen LogP contribution >= 0.6 is 0 Å². The fourth-order valence-electron chi connectivity index (χ4n) is 2.69. The van der Waals surface area contributed by atoms with Gasteiger partial charge in [0.2, 0.25) is 5.91 Å². The molecular formula is C22H30N4O2. The zero-order valence-corrected chi connectivity index (χ0v) is 16.7. The van der Waals surface area contributed by atoms with Gasteiger partial charge in [-0.2, -0.15) is 0 Å². The Bertz CT molecular complexity index is 762. The van der Waals surface area contributed by atoms with Crippen molar-refractivity contribution in [3.8, 4) is 0 Å². The minimum absolute atomic E-state index is 0.0839. The van der Waals surface area contributed by atoms with Crippen LogP contribution in [0.25, 0.3) is 0 Å². The normalized spacial score (nSPS) is 12.4. The first-order chi connectivity index (χ1) is 13.6. The fourth-order valence-corrected chi connectivity index (χ4v) is 2.69. The van der Waals surface area contributed by atoms with E-state index in [1.807, 2.05) is 37.3 Å². The molecule has 6 heteroatoms. The Labute approximate surface area is 167 Å². The summed E-state index contributed by atoms with van der Waals surface area (Å²) in [6, 6.07) is 17.4. The molecule has 28 heavy (non-hydrogen) atoms. The van der Waals surface area contributed by atoms with Gasteiger partial charge in [0.1, 0.15) is 0 Å². The van der Waals surface area contributed by atoms with Crippen LogP contribution in [-0.2, 0) is 11.3 Å². The number of carbonyl (C=O) groups is 1. The molecule has 1 amide bonds. The number of nitrogens with two attached hydrogens (primary N) is 1. The second kappa shape index (κ2) is 11.8. The van der Waals surface area contributed by atoms with Crippen LogP contribution in [-0.4, -0.2) is 31.6 Å². The Morgan fingerprint density at radius 1 is 1.14 bits per heavy atom. The van der Waals surface area contributed by atoms with Crippen LogP contribution < -0.4 is 16.4 Å². The average molecular weight is 383 g/mol. The molecule has 0 aromatic heterocycles. The predicted octanol–water partition coefficient (Wildman–Crippen LogP) is 3.01. The smallest absolute Gasteiger partial charge is 0.248 e. The number of guanidine groups is 1. The van der Waals surface area contributed by atoms with Gasteiger partial charge in [-0.1, -0.05) is 42.5 Å².